The van der Waals surface area contributed by atoms with E-state index < -0.39 is 0 Å². The molecule has 0 radical (unpaired) electrons. The summed E-state index contributed by atoms with van der Waals surface area (Å²) in [4.78, 5) is 11.0. The van der Waals surface area contributed by atoms with E-state index >= 15 is 0 Å². The molecule has 0 aliphatic carbocycles. The van der Waals surface area contributed by atoms with Crippen LogP contribution in [0.3, 0.4) is 0 Å². The largest absolute Gasteiger partial charge is 0.496 e. The van der Waals surface area contributed by atoms with Gasteiger partial charge in [0.2, 0.25) is 0 Å². The molecule has 0 spiro atoms. The molecule has 1 heterocycles. The number of hydrogen-bond donors (Lipinski definition) is 0. The van der Waals surface area contributed by atoms with E-state index in [0.717, 1.165) is 5.56 Å². The number of ether oxygens (including phenoxy) is 3. The van der Waals surface area contributed by atoms with Crippen molar-refractivity contribution in [3.8, 4) is 17.2 Å². The molecule has 14 heavy (non-hydrogen) atoms. The molecule has 0 bridgehead atoms. The minimum Gasteiger partial charge on any atom is -0.496 e. The lowest BCUT2D eigenvalue weighted by Crippen LogP contribution is -2.00. The van der Waals surface area contributed by atoms with E-state index in [0.29, 0.717) is 17.2 Å². The smallest absolute Gasteiger partial charge is 0.315 e. The first-order valence-electron chi connectivity index (χ1n) is 4.20. The van der Waals surface area contributed by atoms with Gasteiger partial charge in [0, 0.05) is 17.7 Å². The molecule has 0 fully saturated rings. The maximum Gasteiger partial charge on any atom is 0.315 e. The summed E-state index contributed by atoms with van der Waals surface area (Å²) < 4.78 is 15.2. The summed E-state index contributed by atoms with van der Waals surface area (Å²) in [5.74, 6) is 1.53. The third-order valence-corrected chi connectivity index (χ3v) is 2.14. The van der Waals surface area contributed by atoms with Gasteiger partial charge in [-0.25, -0.2) is 0 Å². The highest BCUT2D eigenvalue weighted by Crippen LogP contribution is 2.37. The summed E-state index contributed by atoms with van der Waals surface area (Å²) in [7, 11) is 3.11. The van der Waals surface area contributed by atoms with Crippen molar-refractivity contribution in [3.05, 3.63) is 17.7 Å². The second kappa shape index (κ2) is 3.21. The van der Waals surface area contributed by atoms with Crippen LogP contribution in [0.5, 0.6) is 17.2 Å². The fraction of sp³-hybridized carbons (Fsp3) is 0.300. The first-order valence-corrected chi connectivity index (χ1v) is 4.20. The van der Waals surface area contributed by atoms with Gasteiger partial charge in [0.25, 0.3) is 0 Å². The van der Waals surface area contributed by atoms with Crippen molar-refractivity contribution in [2.45, 2.75) is 6.42 Å². The minimum atomic E-state index is -0.258. The quantitative estimate of drug-likeness (QED) is 0.523. The first-order chi connectivity index (χ1) is 6.74. The number of rotatable bonds is 2. The van der Waals surface area contributed by atoms with Crippen molar-refractivity contribution in [1.82, 2.24) is 0 Å². The highest BCUT2D eigenvalue weighted by atomic mass is 16.5. The average Bonchev–Trinajstić information content (AvgIpc) is 2.56. The molecule has 74 valence electrons. The van der Waals surface area contributed by atoms with Gasteiger partial charge in [-0.2, -0.15) is 0 Å². The first kappa shape index (κ1) is 8.87. The van der Waals surface area contributed by atoms with Crippen LogP contribution in [-0.2, 0) is 11.2 Å². The Bertz CT molecular complexity index is 384. The lowest BCUT2D eigenvalue weighted by molar-refractivity contribution is -0.131. The predicted octanol–water partition coefficient (Wildman–Crippen LogP) is 1.17. The Balaban J connectivity index is 2.51. The molecule has 2 rings (SSSR count). The van der Waals surface area contributed by atoms with Crippen LogP contribution >= 0.6 is 0 Å². The van der Waals surface area contributed by atoms with Gasteiger partial charge < -0.3 is 14.2 Å². The van der Waals surface area contributed by atoms with Crippen LogP contribution in [0.15, 0.2) is 12.1 Å². The van der Waals surface area contributed by atoms with Crippen LogP contribution in [-0.4, -0.2) is 20.2 Å². The van der Waals surface area contributed by atoms with E-state index in [2.05, 4.69) is 0 Å². The van der Waals surface area contributed by atoms with Gasteiger partial charge in [-0.1, -0.05) is 0 Å². The summed E-state index contributed by atoms with van der Waals surface area (Å²) >= 11 is 0. The number of esters is 1. The zero-order valence-electron chi connectivity index (χ0n) is 7.99. The molecule has 1 aromatic rings. The van der Waals surface area contributed by atoms with Crippen LogP contribution in [0.25, 0.3) is 0 Å². The summed E-state index contributed by atoms with van der Waals surface area (Å²) in [5, 5.41) is 0. The molecule has 0 aromatic heterocycles. The van der Waals surface area contributed by atoms with Crippen molar-refractivity contribution >= 4 is 5.97 Å². The monoisotopic (exact) mass is 194 g/mol. The Kier molecular flexibility index (Phi) is 2.04. The number of fused-ring (bicyclic) bond motifs is 1. The maximum atomic E-state index is 11.0. The average molecular weight is 194 g/mol. The molecule has 4 heteroatoms. The second-order valence-electron chi connectivity index (χ2n) is 2.96. The van der Waals surface area contributed by atoms with Gasteiger partial charge in [-0.3, -0.25) is 4.79 Å². The molecule has 4 nitrogen and oxygen atoms in total. The number of benzene rings is 1. The second-order valence-corrected chi connectivity index (χ2v) is 2.96. The van der Waals surface area contributed by atoms with Gasteiger partial charge in [0.15, 0.2) is 0 Å². The Labute approximate surface area is 81.4 Å². The van der Waals surface area contributed by atoms with Gasteiger partial charge >= 0.3 is 5.97 Å². The third kappa shape index (κ3) is 1.28. The maximum absolute atomic E-state index is 11.0. The predicted molar refractivity (Wildman–Crippen MR) is 48.9 cm³/mol. The van der Waals surface area contributed by atoms with Crippen LogP contribution in [0.2, 0.25) is 0 Å². The minimum absolute atomic E-state index is 0.258. The highest BCUT2D eigenvalue weighted by Gasteiger charge is 2.25. The lowest BCUT2D eigenvalue weighted by Gasteiger charge is -2.07. The van der Waals surface area contributed by atoms with Crippen LogP contribution in [0.4, 0.5) is 0 Å². The van der Waals surface area contributed by atoms with E-state index in [9.17, 15) is 4.79 Å². The Hall–Kier alpha value is -1.71. The van der Waals surface area contributed by atoms with Crippen LogP contribution < -0.4 is 14.2 Å². The molecular formula is C10H10O4. The normalized spacial score (nSPS) is 13.4. The van der Waals surface area contributed by atoms with E-state index in [4.69, 9.17) is 14.2 Å². The summed E-state index contributed by atoms with van der Waals surface area (Å²) in [6, 6.07) is 3.42. The Morgan fingerprint density at radius 2 is 2.07 bits per heavy atom. The molecule has 1 aliphatic rings. The Morgan fingerprint density at radius 1 is 1.29 bits per heavy atom. The summed E-state index contributed by atoms with van der Waals surface area (Å²) in [6.45, 7) is 0. The topological polar surface area (TPSA) is 44.8 Å². The molecule has 0 unspecified atom stereocenters. The van der Waals surface area contributed by atoms with Gasteiger partial charge in [-0.15, -0.1) is 0 Å². The van der Waals surface area contributed by atoms with Crippen molar-refractivity contribution in [2.24, 2.45) is 0 Å². The molecule has 0 saturated carbocycles. The van der Waals surface area contributed by atoms with E-state index in [1.54, 1.807) is 26.4 Å². The van der Waals surface area contributed by atoms with Gasteiger partial charge in [0.1, 0.15) is 17.2 Å². The number of carbonyl (C=O) groups excluding carboxylic acids is 1. The van der Waals surface area contributed by atoms with Crippen molar-refractivity contribution in [3.63, 3.8) is 0 Å². The molecule has 1 aromatic carbocycles. The number of carbonyl (C=O) groups is 1. The van der Waals surface area contributed by atoms with E-state index in [1.165, 1.54) is 0 Å². The fourth-order valence-corrected chi connectivity index (χ4v) is 1.46. The van der Waals surface area contributed by atoms with Crippen molar-refractivity contribution in [2.75, 3.05) is 14.2 Å². The zero-order valence-corrected chi connectivity index (χ0v) is 7.99. The highest BCUT2D eigenvalue weighted by molar-refractivity contribution is 5.83. The molecule has 0 saturated heterocycles. The number of methoxy groups -OCH3 is 2. The standard InChI is InChI=1S/C10H10O4/c1-12-6-3-8(13-2)7-5-10(11)14-9(7)4-6/h3-4H,5H2,1-2H3. The fourth-order valence-electron chi connectivity index (χ4n) is 1.46. The van der Waals surface area contributed by atoms with Gasteiger partial charge in [-0.05, 0) is 0 Å². The summed E-state index contributed by atoms with van der Waals surface area (Å²) in [6.07, 6.45) is 0.266. The van der Waals surface area contributed by atoms with E-state index in [1.807, 2.05) is 0 Å². The summed E-state index contributed by atoms with van der Waals surface area (Å²) in [5.41, 5.74) is 0.790. The molecular weight excluding hydrogens is 184 g/mol. The van der Waals surface area contributed by atoms with Gasteiger partial charge in [0.05, 0.1) is 20.6 Å². The number of hydrogen-bond acceptors (Lipinski definition) is 4. The molecule has 1 aliphatic heterocycles. The van der Waals surface area contributed by atoms with Crippen LogP contribution in [0, 0.1) is 0 Å². The SMILES string of the molecule is COc1cc(OC)c2c(c1)OC(=O)C2. The molecule has 0 atom stereocenters. The van der Waals surface area contributed by atoms with E-state index in [-0.39, 0.29) is 12.4 Å². The Morgan fingerprint density at radius 3 is 2.71 bits per heavy atom. The molecule has 0 amide bonds. The molecule has 0 N–H and O–H groups in total. The van der Waals surface area contributed by atoms with Crippen molar-refractivity contribution in [1.29, 1.82) is 0 Å². The van der Waals surface area contributed by atoms with Crippen molar-refractivity contribution < 1.29 is 19.0 Å². The third-order valence-electron chi connectivity index (χ3n) is 2.14. The van der Waals surface area contributed by atoms with Crippen LogP contribution in [0.1, 0.15) is 5.56 Å². The lowest BCUT2D eigenvalue weighted by atomic mass is 10.1. The zero-order chi connectivity index (χ0) is 10.1.